The van der Waals surface area contributed by atoms with Crippen molar-refractivity contribution >= 4 is 19.7 Å². The largest absolute Gasteiger partial charge is 0.373 e. The Morgan fingerprint density at radius 2 is 1.87 bits per heavy atom. The van der Waals surface area contributed by atoms with Gasteiger partial charge in [-0.3, -0.25) is 0 Å². The summed E-state index contributed by atoms with van der Waals surface area (Å²) < 4.78 is 27.4. The van der Waals surface area contributed by atoms with E-state index in [2.05, 4.69) is 0 Å². The summed E-state index contributed by atoms with van der Waals surface area (Å²) in [6.45, 7) is 1.70. The van der Waals surface area contributed by atoms with Gasteiger partial charge in [0, 0.05) is 17.8 Å². The third-order valence-electron chi connectivity index (χ3n) is 2.28. The van der Waals surface area contributed by atoms with Crippen molar-refractivity contribution in [3.63, 3.8) is 0 Å². The number of ether oxygens (including phenoxy) is 1. The van der Waals surface area contributed by atoms with Crippen LogP contribution >= 0.6 is 10.7 Å². The molecule has 0 saturated heterocycles. The Bertz CT molecular complexity index is 416. The maximum Gasteiger partial charge on any atom is 0.235 e. The van der Waals surface area contributed by atoms with Crippen molar-refractivity contribution in [2.24, 2.45) is 0 Å². The van der Waals surface area contributed by atoms with Crippen LogP contribution in [0.15, 0.2) is 30.3 Å². The summed E-state index contributed by atoms with van der Waals surface area (Å²) in [5.41, 5.74) is -0.112. The standard InChI is InChI=1S/C10H13ClO3S/c1-10(14-2,8-15(11,12)13)9-6-4-3-5-7-9/h3-7H,8H2,1-2H3/t10-/m1/s1. The molecular formula is C10H13ClO3S. The Balaban J connectivity index is 3.06. The van der Waals surface area contributed by atoms with Crippen LogP contribution in [-0.2, 0) is 19.4 Å². The van der Waals surface area contributed by atoms with Crippen LogP contribution in [0.1, 0.15) is 12.5 Å². The van der Waals surface area contributed by atoms with Crippen LogP contribution in [-0.4, -0.2) is 21.3 Å². The first-order valence-electron chi connectivity index (χ1n) is 4.40. The van der Waals surface area contributed by atoms with Gasteiger partial charge in [-0.15, -0.1) is 0 Å². The van der Waals surface area contributed by atoms with E-state index in [1.165, 1.54) is 7.11 Å². The van der Waals surface area contributed by atoms with Crippen LogP contribution in [0.25, 0.3) is 0 Å². The smallest absolute Gasteiger partial charge is 0.235 e. The number of hydrogen-bond donors (Lipinski definition) is 0. The van der Waals surface area contributed by atoms with Gasteiger partial charge >= 0.3 is 0 Å². The van der Waals surface area contributed by atoms with E-state index in [1.807, 2.05) is 30.3 Å². The molecule has 1 aromatic carbocycles. The van der Waals surface area contributed by atoms with Gasteiger partial charge in [0.2, 0.25) is 9.05 Å². The van der Waals surface area contributed by atoms with Gasteiger partial charge in [-0.1, -0.05) is 30.3 Å². The molecule has 0 bridgehead atoms. The molecule has 84 valence electrons. The highest BCUT2D eigenvalue weighted by atomic mass is 35.7. The van der Waals surface area contributed by atoms with E-state index in [4.69, 9.17) is 15.4 Å². The van der Waals surface area contributed by atoms with Crippen LogP contribution < -0.4 is 0 Å². The SMILES string of the molecule is CO[C@](C)(CS(=O)(=O)Cl)c1ccccc1. The Labute approximate surface area is 94.4 Å². The van der Waals surface area contributed by atoms with Crippen molar-refractivity contribution in [1.29, 1.82) is 0 Å². The maximum absolute atomic E-state index is 11.1. The van der Waals surface area contributed by atoms with Crippen LogP contribution in [0.3, 0.4) is 0 Å². The second-order valence-corrected chi connectivity index (χ2v) is 6.26. The summed E-state index contributed by atoms with van der Waals surface area (Å²) in [6, 6.07) is 9.13. The van der Waals surface area contributed by atoms with Crippen molar-refractivity contribution < 1.29 is 13.2 Å². The second kappa shape index (κ2) is 4.51. The predicted octanol–water partition coefficient (Wildman–Crippen LogP) is 2.12. The predicted molar refractivity (Wildman–Crippen MR) is 60.4 cm³/mol. The minimum Gasteiger partial charge on any atom is -0.373 e. The molecule has 0 heterocycles. The highest BCUT2D eigenvalue weighted by Crippen LogP contribution is 2.27. The molecule has 0 saturated carbocycles. The van der Waals surface area contributed by atoms with Crippen LogP contribution in [0.2, 0.25) is 0 Å². The lowest BCUT2D eigenvalue weighted by Crippen LogP contribution is -2.31. The maximum atomic E-state index is 11.1. The van der Waals surface area contributed by atoms with E-state index in [0.29, 0.717) is 0 Å². The summed E-state index contributed by atoms with van der Waals surface area (Å²) in [5.74, 6) is -0.248. The van der Waals surface area contributed by atoms with E-state index in [1.54, 1.807) is 6.92 Å². The van der Waals surface area contributed by atoms with Crippen molar-refractivity contribution in [3.05, 3.63) is 35.9 Å². The molecule has 0 aliphatic rings. The minimum atomic E-state index is -3.59. The lowest BCUT2D eigenvalue weighted by molar-refractivity contribution is 0.0225. The quantitative estimate of drug-likeness (QED) is 0.767. The zero-order valence-corrected chi connectivity index (χ0v) is 10.2. The van der Waals surface area contributed by atoms with Crippen LogP contribution in [0.4, 0.5) is 0 Å². The number of hydrogen-bond acceptors (Lipinski definition) is 3. The van der Waals surface area contributed by atoms with Gasteiger partial charge < -0.3 is 4.74 Å². The van der Waals surface area contributed by atoms with E-state index >= 15 is 0 Å². The Kier molecular flexibility index (Phi) is 3.76. The molecule has 0 amide bonds. The van der Waals surface area contributed by atoms with Gasteiger partial charge in [0.05, 0.1) is 5.75 Å². The second-order valence-electron chi connectivity index (χ2n) is 3.48. The van der Waals surface area contributed by atoms with Crippen molar-refractivity contribution in [3.8, 4) is 0 Å². The van der Waals surface area contributed by atoms with Crippen molar-refractivity contribution in [2.45, 2.75) is 12.5 Å². The van der Waals surface area contributed by atoms with Gasteiger partial charge in [-0.05, 0) is 12.5 Å². The van der Waals surface area contributed by atoms with Gasteiger partial charge in [0.25, 0.3) is 0 Å². The number of methoxy groups -OCH3 is 1. The fraction of sp³-hybridized carbons (Fsp3) is 0.400. The third-order valence-corrected chi connectivity index (χ3v) is 3.51. The minimum absolute atomic E-state index is 0.248. The number of rotatable bonds is 4. The molecular weight excluding hydrogens is 236 g/mol. The summed E-state index contributed by atoms with van der Waals surface area (Å²) in [7, 11) is 3.11. The number of halogens is 1. The molecule has 5 heteroatoms. The van der Waals surface area contributed by atoms with Crippen LogP contribution in [0, 0.1) is 0 Å². The van der Waals surface area contributed by atoms with Gasteiger partial charge in [-0.25, -0.2) is 8.42 Å². The zero-order valence-electron chi connectivity index (χ0n) is 8.60. The lowest BCUT2D eigenvalue weighted by Gasteiger charge is -2.27. The summed E-state index contributed by atoms with van der Waals surface area (Å²) in [5, 5.41) is 0. The fourth-order valence-corrected chi connectivity index (χ4v) is 2.95. The highest BCUT2D eigenvalue weighted by Gasteiger charge is 2.31. The van der Waals surface area contributed by atoms with Crippen LogP contribution in [0.5, 0.6) is 0 Å². The van der Waals surface area contributed by atoms with Gasteiger partial charge in [0.15, 0.2) is 0 Å². The summed E-state index contributed by atoms with van der Waals surface area (Å²) in [4.78, 5) is 0. The van der Waals surface area contributed by atoms with E-state index in [-0.39, 0.29) is 5.75 Å². The Hall–Kier alpha value is -0.580. The Morgan fingerprint density at radius 3 is 2.27 bits per heavy atom. The average molecular weight is 249 g/mol. The van der Waals surface area contributed by atoms with E-state index in [9.17, 15) is 8.42 Å². The fourth-order valence-electron chi connectivity index (χ4n) is 1.38. The zero-order chi connectivity index (χ0) is 11.5. The molecule has 0 aromatic heterocycles. The molecule has 0 N–H and O–H groups in total. The first-order chi connectivity index (χ1) is 6.87. The molecule has 0 fully saturated rings. The van der Waals surface area contributed by atoms with Crippen molar-refractivity contribution in [2.75, 3.05) is 12.9 Å². The molecule has 15 heavy (non-hydrogen) atoms. The molecule has 1 atom stereocenters. The first kappa shape index (κ1) is 12.5. The van der Waals surface area contributed by atoms with E-state index in [0.717, 1.165) is 5.56 Å². The molecule has 0 radical (unpaired) electrons. The van der Waals surface area contributed by atoms with E-state index < -0.39 is 14.7 Å². The first-order valence-corrected chi connectivity index (χ1v) is 6.88. The summed E-state index contributed by atoms with van der Waals surface area (Å²) in [6.07, 6.45) is 0. The highest BCUT2D eigenvalue weighted by molar-refractivity contribution is 8.13. The van der Waals surface area contributed by atoms with Gasteiger partial charge in [0.1, 0.15) is 5.60 Å². The molecule has 0 aliphatic heterocycles. The normalized spacial score (nSPS) is 15.9. The number of benzene rings is 1. The lowest BCUT2D eigenvalue weighted by atomic mass is 9.98. The molecule has 0 aliphatic carbocycles. The molecule has 1 aromatic rings. The van der Waals surface area contributed by atoms with Gasteiger partial charge in [-0.2, -0.15) is 0 Å². The third kappa shape index (κ3) is 3.48. The molecule has 0 spiro atoms. The van der Waals surface area contributed by atoms with Crippen molar-refractivity contribution in [1.82, 2.24) is 0 Å². The topological polar surface area (TPSA) is 43.4 Å². The average Bonchev–Trinajstić information content (AvgIpc) is 2.16. The Morgan fingerprint density at radius 1 is 1.33 bits per heavy atom. The molecule has 0 unspecified atom stereocenters. The molecule has 3 nitrogen and oxygen atoms in total. The monoisotopic (exact) mass is 248 g/mol. The summed E-state index contributed by atoms with van der Waals surface area (Å²) >= 11 is 0. The molecule has 1 rings (SSSR count).